The predicted octanol–water partition coefficient (Wildman–Crippen LogP) is 3.84. The van der Waals surface area contributed by atoms with Gasteiger partial charge in [-0.25, -0.2) is 9.78 Å². The summed E-state index contributed by atoms with van der Waals surface area (Å²) >= 11 is 9.33. The third-order valence-electron chi connectivity index (χ3n) is 3.02. The van der Waals surface area contributed by atoms with Crippen molar-refractivity contribution in [2.75, 3.05) is 12.4 Å². The lowest BCUT2D eigenvalue weighted by molar-refractivity contribution is 0.0600. The largest absolute Gasteiger partial charge is 0.465 e. The number of hydrogen-bond donors (Lipinski definition) is 1. The van der Waals surface area contributed by atoms with Crippen LogP contribution >= 0.6 is 27.5 Å². The molecule has 0 fully saturated rings. The first-order valence-corrected chi connectivity index (χ1v) is 7.41. The van der Waals surface area contributed by atoms with Crippen molar-refractivity contribution in [3.05, 3.63) is 56.8 Å². The molecule has 1 heterocycles. The molecular weight excluding hydrogens is 372 g/mol. The molecule has 1 aromatic heterocycles. The SMILES string of the molecule is COC(=O)c1cnc(Cl)c(NC(=O)c2cccc(Br)c2C)c1. The molecule has 2 rings (SSSR count). The van der Waals surface area contributed by atoms with Crippen LogP contribution in [-0.4, -0.2) is 24.0 Å². The number of esters is 1. The van der Waals surface area contributed by atoms with Gasteiger partial charge >= 0.3 is 5.97 Å². The van der Waals surface area contributed by atoms with Crippen LogP contribution in [-0.2, 0) is 4.74 Å². The summed E-state index contributed by atoms with van der Waals surface area (Å²) in [6.45, 7) is 1.82. The average molecular weight is 384 g/mol. The quantitative estimate of drug-likeness (QED) is 0.646. The second-order valence-electron chi connectivity index (χ2n) is 4.42. The van der Waals surface area contributed by atoms with Crippen LogP contribution in [0.2, 0.25) is 5.15 Å². The Balaban J connectivity index is 2.32. The molecule has 0 atom stereocenters. The van der Waals surface area contributed by atoms with E-state index in [0.29, 0.717) is 5.56 Å². The highest BCUT2D eigenvalue weighted by atomic mass is 79.9. The second kappa shape index (κ2) is 6.89. The highest BCUT2D eigenvalue weighted by Gasteiger charge is 2.15. The van der Waals surface area contributed by atoms with E-state index in [4.69, 9.17) is 11.6 Å². The smallest absolute Gasteiger partial charge is 0.339 e. The normalized spacial score (nSPS) is 10.2. The molecular formula is C15H12BrClN2O3. The van der Waals surface area contributed by atoms with Crippen LogP contribution in [0.5, 0.6) is 0 Å². The van der Waals surface area contributed by atoms with Gasteiger partial charge in [-0.1, -0.05) is 33.6 Å². The number of ether oxygens (including phenoxy) is 1. The van der Waals surface area contributed by atoms with E-state index in [2.05, 4.69) is 31.0 Å². The number of benzene rings is 1. The molecule has 0 aliphatic carbocycles. The van der Waals surface area contributed by atoms with Gasteiger partial charge in [-0.2, -0.15) is 0 Å². The molecule has 22 heavy (non-hydrogen) atoms. The Morgan fingerprint density at radius 3 is 2.77 bits per heavy atom. The van der Waals surface area contributed by atoms with Gasteiger partial charge in [0.25, 0.3) is 5.91 Å². The van der Waals surface area contributed by atoms with Crippen molar-refractivity contribution in [3.63, 3.8) is 0 Å². The van der Waals surface area contributed by atoms with E-state index in [1.807, 2.05) is 13.0 Å². The van der Waals surface area contributed by atoms with Gasteiger partial charge < -0.3 is 10.1 Å². The molecule has 1 N–H and O–H groups in total. The first kappa shape index (κ1) is 16.5. The topological polar surface area (TPSA) is 68.3 Å². The van der Waals surface area contributed by atoms with Crippen molar-refractivity contribution in [2.45, 2.75) is 6.92 Å². The zero-order chi connectivity index (χ0) is 16.3. The van der Waals surface area contributed by atoms with E-state index in [0.717, 1.165) is 10.0 Å². The van der Waals surface area contributed by atoms with E-state index in [-0.39, 0.29) is 22.3 Å². The number of rotatable bonds is 3. The number of anilines is 1. The summed E-state index contributed by atoms with van der Waals surface area (Å²) in [7, 11) is 1.26. The zero-order valence-electron chi connectivity index (χ0n) is 11.8. The van der Waals surface area contributed by atoms with Gasteiger partial charge in [-0.05, 0) is 30.7 Å². The van der Waals surface area contributed by atoms with Gasteiger partial charge in [0, 0.05) is 16.2 Å². The minimum Gasteiger partial charge on any atom is -0.465 e. The van der Waals surface area contributed by atoms with Crippen LogP contribution in [0, 0.1) is 6.92 Å². The molecule has 5 nitrogen and oxygen atoms in total. The van der Waals surface area contributed by atoms with Crippen molar-refractivity contribution < 1.29 is 14.3 Å². The number of amides is 1. The van der Waals surface area contributed by atoms with Crippen molar-refractivity contribution in [1.29, 1.82) is 0 Å². The van der Waals surface area contributed by atoms with E-state index in [9.17, 15) is 9.59 Å². The minimum absolute atomic E-state index is 0.0913. The Labute approximate surface area is 140 Å². The molecule has 114 valence electrons. The summed E-state index contributed by atoms with van der Waals surface area (Å²) in [5.41, 5.74) is 1.74. The van der Waals surface area contributed by atoms with Crippen molar-refractivity contribution in [3.8, 4) is 0 Å². The van der Waals surface area contributed by atoms with E-state index in [1.165, 1.54) is 19.4 Å². The van der Waals surface area contributed by atoms with Crippen molar-refractivity contribution in [2.24, 2.45) is 0 Å². The molecule has 0 unspecified atom stereocenters. The highest BCUT2D eigenvalue weighted by molar-refractivity contribution is 9.10. The van der Waals surface area contributed by atoms with Crippen molar-refractivity contribution in [1.82, 2.24) is 4.98 Å². The van der Waals surface area contributed by atoms with Crippen LogP contribution in [0.1, 0.15) is 26.3 Å². The molecule has 0 spiro atoms. The monoisotopic (exact) mass is 382 g/mol. The lowest BCUT2D eigenvalue weighted by Gasteiger charge is -2.10. The number of aromatic nitrogens is 1. The average Bonchev–Trinajstić information content (AvgIpc) is 2.51. The number of nitrogens with zero attached hydrogens (tertiary/aromatic N) is 1. The first-order valence-electron chi connectivity index (χ1n) is 6.24. The lowest BCUT2D eigenvalue weighted by Crippen LogP contribution is -2.15. The number of carbonyl (C=O) groups is 2. The van der Waals surface area contributed by atoms with Gasteiger partial charge in [0.1, 0.15) is 0 Å². The third kappa shape index (κ3) is 3.45. The first-order chi connectivity index (χ1) is 10.4. The second-order valence-corrected chi connectivity index (χ2v) is 5.63. The molecule has 7 heteroatoms. The van der Waals surface area contributed by atoms with E-state index < -0.39 is 5.97 Å². The Kier molecular flexibility index (Phi) is 5.15. The number of methoxy groups -OCH3 is 1. The van der Waals surface area contributed by atoms with Gasteiger partial charge in [0.05, 0.1) is 18.4 Å². The molecule has 0 saturated carbocycles. The van der Waals surface area contributed by atoms with Gasteiger partial charge in [-0.15, -0.1) is 0 Å². The Bertz CT molecular complexity index is 750. The predicted molar refractivity (Wildman–Crippen MR) is 87.4 cm³/mol. The Morgan fingerprint density at radius 2 is 2.09 bits per heavy atom. The van der Waals surface area contributed by atoms with Crippen LogP contribution in [0.25, 0.3) is 0 Å². The van der Waals surface area contributed by atoms with Crippen LogP contribution in [0.4, 0.5) is 5.69 Å². The zero-order valence-corrected chi connectivity index (χ0v) is 14.2. The highest BCUT2D eigenvalue weighted by Crippen LogP contribution is 2.24. The maximum atomic E-state index is 12.4. The Morgan fingerprint density at radius 1 is 1.36 bits per heavy atom. The van der Waals surface area contributed by atoms with Gasteiger partial charge in [-0.3, -0.25) is 4.79 Å². The number of pyridine rings is 1. The lowest BCUT2D eigenvalue weighted by atomic mass is 10.1. The van der Waals surface area contributed by atoms with E-state index in [1.54, 1.807) is 12.1 Å². The fourth-order valence-electron chi connectivity index (χ4n) is 1.81. The summed E-state index contributed by atoms with van der Waals surface area (Å²) in [6, 6.07) is 6.72. The van der Waals surface area contributed by atoms with Gasteiger partial charge in [0.2, 0.25) is 0 Å². The van der Waals surface area contributed by atoms with E-state index >= 15 is 0 Å². The molecule has 0 aliphatic heterocycles. The summed E-state index contributed by atoms with van der Waals surface area (Å²) in [4.78, 5) is 27.7. The molecule has 1 amide bonds. The molecule has 0 radical (unpaired) electrons. The molecule has 2 aromatic rings. The number of carbonyl (C=O) groups excluding carboxylic acids is 2. The van der Waals surface area contributed by atoms with Crippen LogP contribution in [0.15, 0.2) is 34.9 Å². The number of hydrogen-bond acceptors (Lipinski definition) is 4. The molecule has 0 aliphatic rings. The summed E-state index contributed by atoms with van der Waals surface area (Å²) in [5, 5.41) is 2.74. The maximum absolute atomic E-state index is 12.4. The summed E-state index contributed by atoms with van der Waals surface area (Å²) < 4.78 is 5.44. The van der Waals surface area contributed by atoms with Crippen LogP contribution < -0.4 is 5.32 Å². The molecule has 0 saturated heterocycles. The van der Waals surface area contributed by atoms with Gasteiger partial charge in [0.15, 0.2) is 5.15 Å². The standard InChI is InChI=1S/C15H12BrClN2O3/c1-8-10(4-3-5-11(8)16)14(20)19-12-6-9(15(21)22-2)7-18-13(12)17/h3-7H,1-2H3,(H,19,20). The minimum atomic E-state index is -0.557. The summed E-state index contributed by atoms with van der Waals surface area (Å²) in [6.07, 6.45) is 1.29. The maximum Gasteiger partial charge on any atom is 0.339 e. The number of halogens is 2. The molecule has 0 bridgehead atoms. The van der Waals surface area contributed by atoms with Crippen LogP contribution in [0.3, 0.4) is 0 Å². The number of nitrogens with one attached hydrogen (secondary N) is 1. The Hall–Kier alpha value is -1.92. The van der Waals surface area contributed by atoms with Crippen molar-refractivity contribution >= 4 is 45.1 Å². The fraction of sp³-hybridized carbons (Fsp3) is 0.133. The summed E-state index contributed by atoms with van der Waals surface area (Å²) in [5.74, 6) is -0.900. The fourth-order valence-corrected chi connectivity index (χ4v) is 2.33. The third-order valence-corrected chi connectivity index (χ3v) is 4.18. The molecule has 1 aromatic carbocycles.